The Morgan fingerprint density at radius 1 is 1.33 bits per heavy atom. The number of nitrogens with two attached hydrogens (primary N) is 1. The third-order valence-corrected chi connectivity index (χ3v) is 3.64. The molecule has 8 heteroatoms. The zero-order valence-corrected chi connectivity index (χ0v) is 10.3. The largest absolute Gasteiger partial charge is 0.411 e. The summed E-state index contributed by atoms with van der Waals surface area (Å²) < 4.78 is 63.2. The predicted molar refractivity (Wildman–Crippen MR) is 59.7 cm³/mol. The molecule has 0 aliphatic heterocycles. The number of benzene rings is 1. The molecular weight excluding hydrogens is 271 g/mol. The molecule has 0 saturated carbocycles. The van der Waals surface area contributed by atoms with Crippen LogP contribution in [0.5, 0.6) is 0 Å². The summed E-state index contributed by atoms with van der Waals surface area (Å²) in [5.41, 5.74) is 6.06. The Balaban J connectivity index is 2.84. The second kappa shape index (κ2) is 5.15. The molecule has 102 valence electrons. The van der Waals surface area contributed by atoms with E-state index >= 15 is 0 Å². The van der Waals surface area contributed by atoms with E-state index in [0.717, 1.165) is 0 Å². The number of hydrogen-bond donors (Lipinski definition) is 1. The summed E-state index contributed by atoms with van der Waals surface area (Å²) in [7, 11) is -3.94. The van der Waals surface area contributed by atoms with E-state index in [1.807, 2.05) is 0 Å². The van der Waals surface area contributed by atoms with Crippen LogP contribution in [-0.2, 0) is 14.6 Å². The molecule has 0 aliphatic rings. The highest BCUT2D eigenvalue weighted by Crippen LogP contribution is 2.21. The molecule has 0 amide bonds. The van der Waals surface area contributed by atoms with E-state index in [9.17, 15) is 21.6 Å². The molecule has 1 rings (SSSR count). The van der Waals surface area contributed by atoms with Gasteiger partial charge in [0, 0.05) is 5.69 Å². The molecule has 0 aromatic heterocycles. The minimum atomic E-state index is -4.56. The highest BCUT2D eigenvalue weighted by atomic mass is 32.2. The predicted octanol–water partition coefficient (Wildman–Crippen LogP) is 1.89. The Morgan fingerprint density at radius 3 is 2.50 bits per heavy atom. The van der Waals surface area contributed by atoms with Crippen LogP contribution in [0.25, 0.3) is 0 Å². The first-order valence-electron chi connectivity index (χ1n) is 4.85. The maximum absolute atomic E-state index is 11.8. The van der Waals surface area contributed by atoms with Crippen LogP contribution in [0.2, 0.25) is 0 Å². The third-order valence-electron chi connectivity index (χ3n) is 2.05. The first-order valence-corrected chi connectivity index (χ1v) is 6.50. The van der Waals surface area contributed by atoms with Crippen LogP contribution in [0.3, 0.4) is 0 Å². The van der Waals surface area contributed by atoms with E-state index in [4.69, 9.17) is 5.73 Å². The molecule has 0 heterocycles. The topological polar surface area (TPSA) is 69.4 Å². The smallest absolute Gasteiger partial charge is 0.399 e. The lowest BCUT2D eigenvalue weighted by Crippen LogP contribution is -2.21. The zero-order chi connectivity index (χ0) is 14.0. The quantitative estimate of drug-likeness (QED) is 0.857. The Hall–Kier alpha value is -1.28. The number of sulfone groups is 1. The van der Waals surface area contributed by atoms with Crippen molar-refractivity contribution in [2.45, 2.75) is 18.0 Å². The van der Waals surface area contributed by atoms with Crippen molar-refractivity contribution in [2.24, 2.45) is 0 Å². The van der Waals surface area contributed by atoms with E-state index in [2.05, 4.69) is 4.74 Å². The van der Waals surface area contributed by atoms with Crippen molar-refractivity contribution >= 4 is 15.5 Å². The SMILES string of the molecule is Cc1ccc(N)cc1S(=O)(=O)COCC(F)(F)F. The maximum atomic E-state index is 11.8. The van der Waals surface area contributed by atoms with Crippen molar-refractivity contribution in [2.75, 3.05) is 18.3 Å². The molecule has 0 aliphatic carbocycles. The van der Waals surface area contributed by atoms with Crippen LogP contribution in [0.15, 0.2) is 23.1 Å². The van der Waals surface area contributed by atoms with Crippen molar-refractivity contribution in [1.29, 1.82) is 0 Å². The third kappa shape index (κ3) is 4.19. The van der Waals surface area contributed by atoms with Crippen molar-refractivity contribution in [3.8, 4) is 0 Å². The second-order valence-electron chi connectivity index (χ2n) is 3.72. The van der Waals surface area contributed by atoms with Gasteiger partial charge in [0.25, 0.3) is 0 Å². The minimum absolute atomic E-state index is 0.121. The van der Waals surface area contributed by atoms with Crippen LogP contribution in [0.1, 0.15) is 5.56 Å². The molecule has 0 spiro atoms. The lowest BCUT2D eigenvalue weighted by molar-refractivity contribution is -0.169. The Morgan fingerprint density at radius 2 is 1.94 bits per heavy atom. The summed E-state index contributed by atoms with van der Waals surface area (Å²) in [4.78, 5) is -0.121. The molecule has 4 nitrogen and oxygen atoms in total. The molecule has 0 radical (unpaired) electrons. The van der Waals surface area contributed by atoms with Crippen LogP contribution in [-0.4, -0.2) is 27.1 Å². The molecule has 2 N–H and O–H groups in total. The van der Waals surface area contributed by atoms with Gasteiger partial charge in [-0.1, -0.05) is 6.07 Å². The van der Waals surface area contributed by atoms with Crippen LogP contribution in [0.4, 0.5) is 18.9 Å². The molecule has 0 atom stereocenters. The van der Waals surface area contributed by atoms with Gasteiger partial charge in [-0.15, -0.1) is 0 Å². The van der Waals surface area contributed by atoms with Gasteiger partial charge in [0.15, 0.2) is 5.94 Å². The summed E-state index contributed by atoms with van der Waals surface area (Å²) >= 11 is 0. The highest BCUT2D eigenvalue weighted by Gasteiger charge is 2.29. The monoisotopic (exact) mass is 283 g/mol. The Bertz CT molecular complexity index is 526. The van der Waals surface area contributed by atoms with Gasteiger partial charge in [-0.05, 0) is 24.6 Å². The molecule has 0 unspecified atom stereocenters. The molecule has 0 fully saturated rings. The molecule has 1 aromatic rings. The number of alkyl halides is 3. The van der Waals surface area contributed by atoms with Crippen molar-refractivity contribution in [3.63, 3.8) is 0 Å². The number of anilines is 1. The molecule has 1 aromatic carbocycles. The number of halogens is 3. The van der Waals surface area contributed by atoms with E-state index in [1.54, 1.807) is 0 Å². The second-order valence-corrected chi connectivity index (χ2v) is 5.63. The standard InChI is InChI=1S/C10H12F3NO3S/c1-7-2-3-8(14)4-9(7)18(15,16)6-17-5-10(11,12)13/h2-4H,5-6,14H2,1H3. The Labute approximate surface area is 102 Å². The van der Waals surface area contributed by atoms with E-state index in [1.165, 1.54) is 25.1 Å². The number of aryl methyl sites for hydroxylation is 1. The fourth-order valence-corrected chi connectivity index (χ4v) is 2.59. The maximum Gasteiger partial charge on any atom is 0.411 e. The van der Waals surface area contributed by atoms with Gasteiger partial charge in [0.1, 0.15) is 6.61 Å². The molecule has 0 saturated heterocycles. The summed E-state index contributed by atoms with van der Waals surface area (Å²) in [6.45, 7) is -0.0797. The van der Waals surface area contributed by atoms with Crippen molar-refractivity contribution < 1.29 is 26.3 Å². The first kappa shape index (κ1) is 14.8. The van der Waals surface area contributed by atoms with Crippen molar-refractivity contribution in [3.05, 3.63) is 23.8 Å². The van der Waals surface area contributed by atoms with Crippen LogP contribution >= 0.6 is 0 Å². The fourth-order valence-electron chi connectivity index (χ4n) is 1.28. The summed E-state index contributed by atoms with van der Waals surface area (Å²) in [6, 6.07) is 4.18. The van der Waals surface area contributed by atoms with Crippen molar-refractivity contribution in [1.82, 2.24) is 0 Å². The molecule has 18 heavy (non-hydrogen) atoms. The Kier molecular flexibility index (Phi) is 4.23. The highest BCUT2D eigenvalue weighted by molar-refractivity contribution is 7.91. The van der Waals surface area contributed by atoms with Gasteiger partial charge in [0.2, 0.25) is 9.84 Å². The number of rotatable bonds is 4. The van der Waals surface area contributed by atoms with Gasteiger partial charge in [0.05, 0.1) is 4.90 Å². The van der Waals surface area contributed by atoms with Gasteiger partial charge < -0.3 is 10.5 Å². The van der Waals surface area contributed by atoms with Gasteiger partial charge >= 0.3 is 6.18 Å². The van der Waals surface area contributed by atoms with E-state index in [-0.39, 0.29) is 10.6 Å². The van der Waals surface area contributed by atoms with Gasteiger partial charge in [-0.2, -0.15) is 13.2 Å². The summed E-state index contributed by atoms with van der Waals surface area (Å²) in [5, 5.41) is 0. The van der Waals surface area contributed by atoms with Crippen LogP contribution < -0.4 is 5.73 Å². The average Bonchev–Trinajstić information content (AvgIpc) is 2.19. The van der Waals surface area contributed by atoms with Gasteiger partial charge in [-0.3, -0.25) is 0 Å². The average molecular weight is 283 g/mol. The summed E-state index contributed by atoms with van der Waals surface area (Å²) in [6.07, 6.45) is -4.56. The normalized spacial score (nSPS) is 12.7. The minimum Gasteiger partial charge on any atom is -0.399 e. The van der Waals surface area contributed by atoms with E-state index in [0.29, 0.717) is 5.56 Å². The fraction of sp³-hybridized carbons (Fsp3) is 0.400. The number of nitrogen functional groups attached to an aromatic ring is 1. The first-order chi connectivity index (χ1) is 8.12. The number of hydrogen-bond acceptors (Lipinski definition) is 4. The molecule has 0 bridgehead atoms. The summed E-state index contributed by atoms with van der Waals surface area (Å²) in [5.74, 6) is -1.03. The van der Waals surface area contributed by atoms with Gasteiger partial charge in [-0.25, -0.2) is 8.42 Å². The van der Waals surface area contributed by atoms with E-state index < -0.39 is 28.6 Å². The molecular formula is C10H12F3NO3S. The van der Waals surface area contributed by atoms with Crippen LogP contribution in [0, 0.1) is 6.92 Å². The lowest BCUT2D eigenvalue weighted by Gasteiger charge is -2.10. The zero-order valence-electron chi connectivity index (χ0n) is 9.49. The lowest BCUT2D eigenvalue weighted by atomic mass is 10.2. The number of ether oxygens (including phenoxy) is 1.